The normalized spacial score (nSPS) is 11.3. The molecule has 2 heterocycles. The van der Waals surface area contributed by atoms with Crippen LogP contribution in [0.4, 0.5) is 8.78 Å². The zero-order chi connectivity index (χ0) is 21.3. The lowest BCUT2D eigenvalue weighted by molar-refractivity contribution is 0.0945. The molecule has 2 aromatic carbocycles. The van der Waals surface area contributed by atoms with Crippen LogP contribution in [0.15, 0.2) is 53.3 Å². The van der Waals surface area contributed by atoms with E-state index in [1.54, 1.807) is 29.9 Å². The van der Waals surface area contributed by atoms with E-state index in [1.807, 2.05) is 6.07 Å². The summed E-state index contributed by atoms with van der Waals surface area (Å²) in [5, 5.41) is 6.78. The Morgan fingerprint density at radius 2 is 1.87 bits per heavy atom. The van der Waals surface area contributed by atoms with Crippen molar-refractivity contribution in [2.45, 2.75) is 13.1 Å². The van der Waals surface area contributed by atoms with E-state index in [2.05, 4.69) is 10.4 Å². The number of methoxy groups -OCH3 is 1. The molecule has 7 nitrogen and oxygen atoms in total. The fourth-order valence-corrected chi connectivity index (χ4v) is 3.30. The van der Waals surface area contributed by atoms with E-state index in [0.29, 0.717) is 24.2 Å². The lowest BCUT2D eigenvalue weighted by Gasteiger charge is -2.11. The molecular formula is C21H18F2N4O3. The van der Waals surface area contributed by atoms with Crippen LogP contribution >= 0.6 is 0 Å². The van der Waals surface area contributed by atoms with Crippen LogP contribution in [0.1, 0.15) is 16.1 Å². The summed E-state index contributed by atoms with van der Waals surface area (Å²) in [7, 11) is 1.55. The smallest absolute Gasteiger partial charge is 0.277 e. The van der Waals surface area contributed by atoms with Gasteiger partial charge in [0.25, 0.3) is 11.5 Å². The van der Waals surface area contributed by atoms with Crippen LogP contribution < -0.4 is 10.9 Å². The zero-order valence-electron chi connectivity index (χ0n) is 16.1. The van der Waals surface area contributed by atoms with E-state index in [1.165, 1.54) is 10.6 Å². The molecule has 30 heavy (non-hydrogen) atoms. The average Bonchev–Trinajstić information content (AvgIpc) is 3.20. The number of nitrogens with one attached hydrogen (secondary N) is 1. The number of ether oxygens (including phenoxy) is 1. The first kappa shape index (κ1) is 19.7. The molecule has 0 unspecified atom stereocenters. The van der Waals surface area contributed by atoms with Gasteiger partial charge in [0.1, 0.15) is 17.2 Å². The van der Waals surface area contributed by atoms with Crippen LogP contribution in [0.25, 0.3) is 16.6 Å². The van der Waals surface area contributed by atoms with E-state index in [4.69, 9.17) is 4.74 Å². The molecule has 1 N–H and O–H groups in total. The van der Waals surface area contributed by atoms with E-state index in [-0.39, 0.29) is 28.9 Å². The SMILES string of the molecule is COCCn1c(=O)c2cc(C(=O)NCc3cc(F)ccc3F)nn2c2ccccc21. The summed E-state index contributed by atoms with van der Waals surface area (Å²) in [5.74, 6) is -1.83. The molecule has 0 spiro atoms. The molecule has 0 aliphatic rings. The monoisotopic (exact) mass is 412 g/mol. The molecule has 1 amide bonds. The molecular weight excluding hydrogens is 394 g/mol. The maximum absolute atomic E-state index is 13.8. The molecule has 154 valence electrons. The van der Waals surface area contributed by atoms with Crippen LogP contribution in [-0.2, 0) is 17.8 Å². The highest BCUT2D eigenvalue weighted by atomic mass is 19.1. The fourth-order valence-electron chi connectivity index (χ4n) is 3.30. The summed E-state index contributed by atoms with van der Waals surface area (Å²) in [6.07, 6.45) is 0. The molecule has 0 aliphatic heterocycles. The lowest BCUT2D eigenvalue weighted by atomic mass is 10.2. The van der Waals surface area contributed by atoms with Crippen molar-refractivity contribution in [1.29, 1.82) is 0 Å². The maximum atomic E-state index is 13.8. The third-order valence-electron chi connectivity index (χ3n) is 4.77. The Bertz CT molecular complexity index is 1310. The number of carbonyl (C=O) groups is 1. The van der Waals surface area contributed by atoms with Gasteiger partial charge in [-0.2, -0.15) is 5.10 Å². The minimum atomic E-state index is -0.626. The number of halogens is 2. The van der Waals surface area contributed by atoms with Gasteiger partial charge in [0, 0.05) is 31.8 Å². The Morgan fingerprint density at radius 3 is 2.63 bits per heavy atom. The molecule has 0 saturated carbocycles. The van der Waals surface area contributed by atoms with E-state index >= 15 is 0 Å². The Balaban J connectivity index is 1.71. The van der Waals surface area contributed by atoms with Gasteiger partial charge in [-0.1, -0.05) is 12.1 Å². The van der Waals surface area contributed by atoms with Crippen LogP contribution in [0.3, 0.4) is 0 Å². The molecule has 9 heteroatoms. The van der Waals surface area contributed by atoms with Crippen molar-refractivity contribution in [2.75, 3.05) is 13.7 Å². The van der Waals surface area contributed by atoms with Crippen molar-refractivity contribution in [2.24, 2.45) is 0 Å². The number of aromatic nitrogens is 3. The summed E-state index contributed by atoms with van der Waals surface area (Å²) in [6, 6.07) is 11.6. The van der Waals surface area contributed by atoms with E-state index in [9.17, 15) is 18.4 Å². The number of benzene rings is 2. The second kappa shape index (κ2) is 8.03. The number of nitrogens with zero attached hydrogens (tertiary/aromatic N) is 3. The first-order chi connectivity index (χ1) is 14.5. The van der Waals surface area contributed by atoms with Gasteiger partial charge < -0.3 is 14.6 Å². The number of para-hydroxylation sites is 2. The second-order valence-corrected chi connectivity index (χ2v) is 6.68. The van der Waals surface area contributed by atoms with Gasteiger partial charge in [0.15, 0.2) is 5.69 Å². The summed E-state index contributed by atoms with van der Waals surface area (Å²) in [5.41, 5.74) is 1.24. The summed E-state index contributed by atoms with van der Waals surface area (Å²) < 4.78 is 35.2. The van der Waals surface area contributed by atoms with Crippen LogP contribution in [-0.4, -0.2) is 33.8 Å². The van der Waals surface area contributed by atoms with E-state index < -0.39 is 17.5 Å². The standard InChI is InChI=1S/C21H18F2N4O3/c1-30-9-8-26-17-4-2-3-5-18(17)27-19(21(26)29)11-16(25-27)20(28)24-12-13-10-14(22)6-7-15(13)23/h2-7,10-11H,8-9,12H2,1H3,(H,24,28). The van der Waals surface area contributed by atoms with Crippen molar-refractivity contribution in [3.63, 3.8) is 0 Å². The van der Waals surface area contributed by atoms with Gasteiger partial charge >= 0.3 is 0 Å². The van der Waals surface area contributed by atoms with Crippen molar-refractivity contribution < 1.29 is 18.3 Å². The highest BCUT2D eigenvalue weighted by Crippen LogP contribution is 2.16. The Morgan fingerprint density at radius 1 is 1.10 bits per heavy atom. The third kappa shape index (κ3) is 3.55. The van der Waals surface area contributed by atoms with Gasteiger partial charge in [0.2, 0.25) is 0 Å². The van der Waals surface area contributed by atoms with Crippen LogP contribution in [0.2, 0.25) is 0 Å². The molecule has 4 aromatic rings. The van der Waals surface area contributed by atoms with Crippen molar-refractivity contribution in [3.05, 3.63) is 81.8 Å². The molecule has 0 fully saturated rings. The Labute approximate surface area is 169 Å². The van der Waals surface area contributed by atoms with Gasteiger partial charge in [-0.3, -0.25) is 9.59 Å². The maximum Gasteiger partial charge on any atom is 0.277 e. The van der Waals surface area contributed by atoms with Gasteiger partial charge in [-0.05, 0) is 30.3 Å². The molecule has 0 radical (unpaired) electrons. The van der Waals surface area contributed by atoms with Gasteiger partial charge in [-0.15, -0.1) is 0 Å². The van der Waals surface area contributed by atoms with Crippen molar-refractivity contribution >= 4 is 22.5 Å². The molecule has 4 rings (SSSR count). The quantitative estimate of drug-likeness (QED) is 0.528. The second-order valence-electron chi connectivity index (χ2n) is 6.68. The van der Waals surface area contributed by atoms with E-state index in [0.717, 1.165) is 18.2 Å². The highest BCUT2D eigenvalue weighted by Gasteiger charge is 2.17. The first-order valence-electron chi connectivity index (χ1n) is 9.22. The first-order valence-corrected chi connectivity index (χ1v) is 9.22. The topological polar surface area (TPSA) is 77.6 Å². The number of carbonyl (C=O) groups excluding carboxylic acids is 1. The number of amides is 1. The minimum absolute atomic E-state index is 0.00134. The van der Waals surface area contributed by atoms with Gasteiger partial charge in [-0.25, -0.2) is 13.3 Å². The number of hydrogen-bond acceptors (Lipinski definition) is 4. The summed E-state index contributed by atoms with van der Waals surface area (Å²) in [6.45, 7) is 0.480. The summed E-state index contributed by atoms with van der Waals surface area (Å²) in [4.78, 5) is 25.5. The zero-order valence-corrected chi connectivity index (χ0v) is 16.1. The fraction of sp³-hybridized carbons (Fsp3) is 0.190. The van der Waals surface area contributed by atoms with Crippen LogP contribution in [0.5, 0.6) is 0 Å². The third-order valence-corrected chi connectivity index (χ3v) is 4.77. The Kier molecular flexibility index (Phi) is 5.28. The average molecular weight is 412 g/mol. The molecule has 0 saturated heterocycles. The number of hydrogen-bond donors (Lipinski definition) is 1. The van der Waals surface area contributed by atoms with Crippen molar-refractivity contribution in [1.82, 2.24) is 19.5 Å². The predicted octanol–water partition coefficient (Wildman–Crippen LogP) is 2.50. The molecule has 0 bridgehead atoms. The number of rotatable bonds is 6. The largest absolute Gasteiger partial charge is 0.383 e. The number of fused-ring (bicyclic) bond motifs is 3. The predicted molar refractivity (Wildman–Crippen MR) is 106 cm³/mol. The highest BCUT2D eigenvalue weighted by molar-refractivity contribution is 5.94. The molecule has 0 aliphatic carbocycles. The minimum Gasteiger partial charge on any atom is -0.383 e. The lowest BCUT2D eigenvalue weighted by Crippen LogP contribution is -2.24. The van der Waals surface area contributed by atoms with Crippen molar-refractivity contribution in [3.8, 4) is 0 Å². The summed E-state index contributed by atoms with van der Waals surface area (Å²) >= 11 is 0. The Hall–Kier alpha value is -3.59. The van der Waals surface area contributed by atoms with Crippen LogP contribution in [0, 0.1) is 11.6 Å². The molecule has 0 atom stereocenters. The molecule has 2 aromatic heterocycles. The van der Waals surface area contributed by atoms with Gasteiger partial charge in [0.05, 0.1) is 17.6 Å².